The van der Waals surface area contributed by atoms with Crippen molar-refractivity contribution in [3.63, 3.8) is 0 Å². The van der Waals surface area contributed by atoms with Crippen molar-refractivity contribution in [2.24, 2.45) is 5.73 Å². The van der Waals surface area contributed by atoms with E-state index in [0.29, 0.717) is 18.3 Å². The van der Waals surface area contributed by atoms with E-state index in [2.05, 4.69) is 10.1 Å². The summed E-state index contributed by atoms with van der Waals surface area (Å²) in [5.41, 5.74) is 7.58. The number of benzene rings is 1. The monoisotopic (exact) mass is 235 g/mol. The molecule has 2 N–H and O–H groups in total. The first kappa shape index (κ1) is 11.2. The third-order valence-corrected chi connectivity index (χ3v) is 2.72. The minimum atomic E-state index is 0.546. The molecule has 1 aromatic heterocycles. The molecule has 16 heavy (non-hydrogen) atoms. The molecule has 0 saturated heterocycles. The van der Waals surface area contributed by atoms with Crippen LogP contribution >= 0.6 is 11.8 Å². The number of rotatable bonds is 4. The molecule has 4 nitrogen and oxygen atoms in total. The van der Waals surface area contributed by atoms with Crippen LogP contribution in [0.1, 0.15) is 11.5 Å². The highest BCUT2D eigenvalue weighted by molar-refractivity contribution is 7.97. The zero-order valence-electron chi connectivity index (χ0n) is 9.01. The normalized spacial score (nSPS) is 10.6. The van der Waals surface area contributed by atoms with E-state index in [-0.39, 0.29) is 0 Å². The van der Waals surface area contributed by atoms with Crippen LogP contribution in [-0.4, -0.2) is 16.4 Å². The molecule has 5 heteroatoms. The first-order valence-electron chi connectivity index (χ1n) is 4.94. The Morgan fingerprint density at radius 3 is 2.69 bits per heavy atom. The van der Waals surface area contributed by atoms with Crippen LogP contribution in [0.4, 0.5) is 0 Å². The van der Waals surface area contributed by atoms with Crippen LogP contribution in [0.2, 0.25) is 0 Å². The lowest BCUT2D eigenvalue weighted by atomic mass is 10.1. The molecular weight excluding hydrogens is 222 g/mol. The summed E-state index contributed by atoms with van der Waals surface area (Å²) in [4.78, 5) is 4.30. The Hall–Kier alpha value is -1.33. The summed E-state index contributed by atoms with van der Waals surface area (Å²) in [7, 11) is 0. The van der Waals surface area contributed by atoms with Gasteiger partial charge in [-0.2, -0.15) is 16.7 Å². The molecule has 1 aromatic carbocycles. The third kappa shape index (κ3) is 2.43. The van der Waals surface area contributed by atoms with Crippen LogP contribution in [0.25, 0.3) is 11.4 Å². The van der Waals surface area contributed by atoms with Crippen LogP contribution in [0.3, 0.4) is 0 Å². The summed E-state index contributed by atoms with van der Waals surface area (Å²) in [6, 6.07) is 7.85. The quantitative estimate of drug-likeness (QED) is 0.878. The fourth-order valence-corrected chi connectivity index (χ4v) is 1.71. The topological polar surface area (TPSA) is 64.9 Å². The minimum Gasteiger partial charge on any atom is -0.338 e. The molecule has 0 saturated carbocycles. The van der Waals surface area contributed by atoms with E-state index in [1.54, 1.807) is 11.8 Å². The van der Waals surface area contributed by atoms with Gasteiger partial charge >= 0.3 is 0 Å². The van der Waals surface area contributed by atoms with Crippen LogP contribution in [-0.2, 0) is 12.3 Å². The Kier molecular flexibility index (Phi) is 3.58. The zero-order valence-corrected chi connectivity index (χ0v) is 9.83. The van der Waals surface area contributed by atoms with E-state index in [0.717, 1.165) is 16.9 Å². The second-order valence-corrected chi connectivity index (χ2v) is 4.21. The van der Waals surface area contributed by atoms with E-state index in [1.807, 2.05) is 30.5 Å². The molecular formula is C11H13N3OS. The molecule has 0 unspecified atom stereocenters. The van der Waals surface area contributed by atoms with E-state index < -0.39 is 0 Å². The first-order chi connectivity index (χ1) is 7.83. The Labute approximate surface area is 98.2 Å². The largest absolute Gasteiger partial charge is 0.338 e. The van der Waals surface area contributed by atoms with Crippen molar-refractivity contribution in [2.75, 3.05) is 6.26 Å². The lowest BCUT2D eigenvalue weighted by Gasteiger charge is -1.97. The maximum atomic E-state index is 5.53. The molecule has 0 aliphatic heterocycles. The summed E-state index contributed by atoms with van der Waals surface area (Å²) >= 11 is 1.66. The second kappa shape index (κ2) is 5.14. The van der Waals surface area contributed by atoms with Crippen LogP contribution in [0, 0.1) is 0 Å². The smallest absolute Gasteiger partial charge is 0.236 e. The van der Waals surface area contributed by atoms with Crippen LogP contribution in [0.5, 0.6) is 0 Å². The molecule has 0 spiro atoms. The lowest BCUT2D eigenvalue weighted by molar-refractivity contribution is 0.392. The Morgan fingerprint density at radius 1 is 1.31 bits per heavy atom. The average Bonchev–Trinajstić information content (AvgIpc) is 2.78. The maximum absolute atomic E-state index is 5.53. The Balaban J connectivity index is 2.21. The molecule has 84 valence electrons. The van der Waals surface area contributed by atoms with Crippen LogP contribution < -0.4 is 5.73 Å². The van der Waals surface area contributed by atoms with Crippen molar-refractivity contribution in [3.8, 4) is 11.4 Å². The van der Waals surface area contributed by atoms with E-state index in [4.69, 9.17) is 10.3 Å². The molecule has 0 aliphatic rings. The lowest BCUT2D eigenvalue weighted by Crippen LogP contribution is -1.95. The summed E-state index contributed by atoms with van der Waals surface area (Å²) in [6.07, 6.45) is 2.00. The van der Waals surface area contributed by atoms with E-state index in [9.17, 15) is 0 Å². The number of thioether (sulfide) groups is 1. The third-order valence-electron chi connectivity index (χ3n) is 2.18. The summed E-state index contributed by atoms with van der Waals surface area (Å²) in [5, 5.41) is 3.93. The van der Waals surface area contributed by atoms with Crippen molar-refractivity contribution in [1.29, 1.82) is 0 Å². The molecule has 0 fully saturated rings. The highest BCUT2D eigenvalue weighted by Crippen LogP contribution is 2.17. The SMILES string of the molecule is CSCc1nc(-c2ccc(CN)cc2)no1. The highest BCUT2D eigenvalue weighted by Gasteiger charge is 2.07. The summed E-state index contributed by atoms with van der Waals surface area (Å²) in [5.74, 6) is 2.03. The second-order valence-electron chi connectivity index (χ2n) is 3.35. The fourth-order valence-electron chi connectivity index (χ4n) is 1.34. The van der Waals surface area contributed by atoms with Gasteiger partial charge in [0.25, 0.3) is 0 Å². The Bertz CT molecular complexity index is 453. The minimum absolute atomic E-state index is 0.546. The first-order valence-corrected chi connectivity index (χ1v) is 6.34. The van der Waals surface area contributed by atoms with Gasteiger partial charge in [0, 0.05) is 12.1 Å². The number of hydrogen-bond acceptors (Lipinski definition) is 5. The predicted molar refractivity (Wildman–Crippen MR) is 64.8 cm³/mol. The summed E-state index contributed by atoms with van der Waals surface area (Å²) < 4.78 is 5.11. The van der Waals surface area contributed by atoms with Gasteiger partial charge in [0.05, 0.1) is 5.75 Å². The van der Waals surface area contributed by atoms with Gasteiger partial charge in [-0.05, 0) is 11.8 Å². The predicted octanol–water partition coefficient (Wildman–Crippen LogP) is 2.06. The number of aromatic nitrogens is 2. The average molecular weight is 235 g/mol. The molecule has 2 aromatic rings. The Morgan fingerprint density at radius 2 is 2.06 bits per heavy atom. The molecule has 0 radical (unpaired) electrons. The van der Waals surface area contributed by atoms with Gasteiger partial charge in [0.1, 0.15) is 0 Å². The van der Waals surface area contributed by atoms with E-state index >= 15 is 0 Å². The fraction of sp³-hybridized carbons (Fsp3) is 0.273. The van der Waals surface area contributed by atoms with Gasteiger partial charge in [-0.25, -0.2) is 0 Å². The van der Waals surface area contributed by atoms with Crippen molar-refractivity contribution in [1.82, 2.24) is 10.1 Å². The molecule has 0 bridgehead atoms. The van der Waals surface area contributed by atoms with Gasteiger partial charge in [-0.15, -0.1) is 0 Å². The standard InChI is InChI=1S/C11H13N3OS/c1-16-7-10-13-11(14-15-10)9-4-2-8(6-12)3-5-9/h2-5H,6-7,12H2,1H3. The van der Waals surface area contributed by atoms with Gasteiger partial charge in [0.2, 0.25) is 11.7 Å². The van der Waals surface area contributed by atoms with Gasteiger partial charge < -0.3 is 10.3 Å². The van der Waals surface area contributed by atoms with Crippen LogP contribution in [0.15, 0.2) is 28.8 Å². The zero-order chi connectivity index (χ0) is 11.4. The van der Waals surface area contributed by atoms with Crippen molar-refractivity contribution >= 4 is 11.8 Å². The molecule has 1 heterocycles. The van der Waals surface area contributed by atoms with Crippen molar-refractivity contribution < 1.29 is 4.52 Å². The maximum Gasteiger partial charge on any atom is 0.236 e. The van der Waals surface area contributed by atoms with Gasteiger partial charge in [-0.1, -0.05) is 29.4 Å². The molecule has 0 atom stereocenters. The molecule has 0 aliphatic carbocycles. The molecule has 2 rings (SSSR count). The van der Waals surface area contributed by atoms with Crippen molar-refractivity contribution in [2.45, 2.75) is 12.3 Å². The van der Waals surface area contributed by atoms with Gasteiger partial charge in [-0.3, -0.25) is 0 Å². The number of nitrogens with two attached hydrogens (primary N) is 1. The highest BCUT2D eigenvalue weighted by atomic mass is 32.2. The number of hydrogen-bond donors (Lipinski definition) is 1. The van der Waals surface area contributed by atoms with Crippen molar-refractivity contribution in [3.05, 3.63) is 35.7 Å². The van der Waals surface area contributed by atoms with Gasteiger partial charge in [0.15, 0.2) is 0 Å². The molecule has 0 amide bonds. The van der Waals surface area contributed by atoms with E-state index in [1.165, 1.54) is 0 Å². The summed E-state index contributed by atoms with van der Waals surface area (Å²) in [6.45, 7) is 0.546. The number of nitrogens with zero attached hydrogens (tertiary/aromatic N) is 2.